The zero-order valence-electron chi connectivity index (χ0n) is 12.4. The Morgan fingerprint density at radius 1 is 1.41 bits per heavy atom. The summed E-state index contributed by atoms with van der Waals surface area (Å²) in [6.07, 6.45) is 1.10. The van der Waals surface area contributed by atoms with Crippen LogP contribution in [-0.4, -0.2) is 34.0 Å². The summed E-state index contributed by atoms with van der Waals surface area (Å²) in [6, 6.07) is 5.31. The molecule has 22 heavy (non-hydrogen) atoms. The van der Waals surface area contributed by atoms with Gasteiger partial charge in [-0.15, -0.1) is 0 Å². The van der Waals surface area contributed by atoms with E-state index in [1.807, 2.05) is 6.07 Å². The van der Waals surface area contributed by atoms with E-state index in [0.29, 0.717) is 35.6 Å². The van der Waals surface area contributed by atoms with Crippen LogP contribution in [0.4, 0.5) is 0 Å². The van der Waals surface area contributed by atoms with Gasteiger partial charge in [-0.3, -0.25) is 4.79 Å². The molecule has 6 heteroatoms. The van der Waals surface area contributed by atoms with E-state index in [2.05, 4.69) is 0 Å². The third-order valence-corrected chi connectivity index (χ3v) is 4.75. The molecule has 1 aromatic heterocycles. The van der Waals surface area contributed by atoms with Gasteiger partial charge in [-0.25, -0.2) is 4.79 Å². The first-order chi connectivity index (χ1) is 10.4. The number of furan rings is 1. The number of hydrogen-bond donors (Lipinski definition) is 1. The predicted molar refractivity (Wildman–Crippen MR) is 82.3 cm³/mol. The lowest BCUT2D eigenvalue weighted by Crippen LogP contribution is -2.50. The molecule has 0 spiro atoms. The number of amides is 1. The molecule has 0 radical (unpaired) electrons. The maximum absolute atomic E-state index is 12.8. The summed E-state index contributed by atoms with van der Waals surface area (Å²) in [6.45, 7) is 3.76. The van der Waals surface area contributed by atoms with E-state index in [0.717, 1.165) is 5.39 Å². The molecule has 0 saturated carbocycles. The summed E-state index contributed by atoms with van der Waals surface area (Å²) < 4.78 is 5.66. The van der Waals surface area contributed by atoms with Gasteiger partial charge in [0.05, 0.1) is 5.02 Å². The van der Waals surface area contributed by atoms with Crippen LogP contribution in [0.3, 0.4) is 0 Å². The molecule has 5 nitrogen and oxygen atoms in total. The first-order valence-corrected chi connectivity index (χ1v) is 7.47. The highest BCUT2D eigenvalue weighted by atomic mass is 35.5. The van der Waals surface area contributed by atoms with Gasteiger partial charge >= 0.3 is 5.97 Å². The molecule has 1 saturated heterocycles. The number of hydrogen-bond acceptors (Lipinski definition) is 3. The van der Waals surface area contributed by atoms with E-state index in [1.54, 1.807) is 26.0 Å². The van der Waals surface area contributed by atoms with E-state index in [-0.39, 0.29) is 5.76 Å². The number of aliphatic carboxylic acids is 1. The minimum atomic E-state index is -1.19. The first-order valence-electron chi connectivity index (χ1n) is 7.09. The van der Waals surface area contributed by atoms with Gasteiger partial charge in [-0.05, 0) is 32.8 Å². The van der Waals surface area contributed by atoms with Gasteiger partial charge in [0.2, 0.25) is 0 Å². The van der Waals surface area contributed by atoms with E-state index >= 15 is 0 Å². The molecule has 2 heterocycles. The van der Waals surface area contributed by atoms with Crippen LogP contribution in [0.25, 0.3) is 11.0 Å². The van der Waals surface area contributed by atoms with Crippen LogP contribution in [0.5, 0.6) is 0 Å². The van der Waals surface area contributed by atoms with Gasteiger partial charge in [0, 0.05) is 17.5 Å². The summed E-state index contributed by atoms with van der Waals surface area (Å²) in [5.41, 5.74) is -0.0462. The summed E-state index contributed by atoms with van der Waals surface area (Å²) in [4.78, 5) is 25.7. The Kier molecular flexibility index (Phi) is 3.40. The van der Waals surface area contributed by atoms with Crippen molar-refractivity contribution in [1.29, 1.82) is 0 Å². The van der Waals surface area contributed by atoms with Crippen LogP contribution in [0, 0.1) is 6.92 Å². The second-order valence-corrected chi connectivity index (χ2v) is 6.22. The van der Waals surface area contributed by atoms with Gasteiger partial charge < -0.3 is 14.4 Å². The van der Waals surface area contributed by atoms with Crippen LogP contribution < -0.4 is 0 Å². The number of carbonyl (C=O) groups is 2. The molecule has 116 valence electrons. The fourth-order valence-corrected chi connectivity index (χ4v) is 3.26. The molecule has 1 aliphatic heterocycles. The zero-order chi connectivity index (χ0) is 16.1. The van der Waals surface area contributed by atoms with Crippen molar-refractivity contribution < 1.29 is 19.1 Å². The largest absolute Gasteiger partial charge is 0.480 e. The van der Waals surface area contributed by atoms with Crippen molar-refractivity contribution in [3.63, 3.8) is 0 Å². The molecule has 0 aliphatic carbocycles. The topological polar surface area (TPSA) is 70.8 Å². The highest BCUT2D eigenvalue weighted by Crippen LogP contribution is 2.35. The van der Waals surface area contributed by atoms with E-state index < -0.39 is 17.4 Å². The van der Waals surface area contributed by atoms with Crippen LogP contribution in [-0.2, 0) is 4.79 Å². The lowest BCUT2D eigenvalue weighted by Gasteiger charge is -2.30. The van der Waals surface area contributed by atoms with Crippen molar-refractivity contribution in [3.8, 4) is 0 Å². The maximum Gasteiger partial charge on any atom is 0.329 e. The summed E-state index contributed by atoms with van der Waals surface area (Å²) in [7, 11) is 0. The Labute approximate surface area is 132 Å². The fraction of sp³-hybridized carbons (Fsp3) is 0.375. The minimum absolute atomic E-state index is 0.164. The number of fused-ring (bicyclic) bond motifs is 1. The second kappa shape index (κ2) is 5.02. The highest BCUT2D eigenvalue weighted by molar-refractivity contribution is 6.35. The molecule has 1 fully saturated rings. The molecule has 1 aliphatic rings. The number of para-hydroxylation sites is 1. The van der Waals surface area contributed by atoms with Crippen LogP contribution in [0.15, 0.2) is 22.6 Å². The maximum atomic E-state index is 12.8. The Balaban J connectivity index is 2.08. The van der Waals surface area contributed by atoms with Crippen molar-refractivity contribution in [1.82, 2.24) is 4.90 Å². The molecule has 0 bridgehead atoms. The van der Waals surface area contributed by atoms with Crippen molar-refractivity contribution >= 4 is 34.4 Å². The number of carbonyl (C=O) groups excluding carboxylic acids is 1. The standard InChI is InChI=1S/C16H16ClNO4/c1-9-10-5-3-6-11(17)13(10)22-12(9)14(19)18-8-4-7-16(18,2)15(20)21/h3,5-6H,4,7-8H2,1-2H3,(H,20,21). The minimum Gasteiger partial charge on any atom is -0.480 e. The van der Waals surface area contributed by atoms with Gasteiger partial charge in [0.25, 0.3) is 5.91 Å². The number of likely N-dealkylation sites (tertiary alicyclic amines) is 1. The molecule has 1 N–H and O–H groups in total. The van der Waals surface area contributed by atoms with Gasteiger partial charge in [0.15, 0.2) is 11.3 Å². The smallest absolute Gasteiger partial charge is 0.329 e. The summed E-state index contributed by atoms with van der Waals surface area (Å²) >= 11 is 6.10. The van der Waals surface area contributed by atoms with Crippen molar-refractivity contribution in [2.75, 3.05) is 6.54 Å². The number of aryl methyl sites for hydroxylation is 1. The number of rotatable bonds is 2. The van der Waals surface area contributed by atoms with Crippen molar-refractivity contribution in [2.24, 2.45) is 0 Å². The van der Waals surface area contributed by atoms with Gasteiger partial charge in [-0.1, -0.05) is 23.7 Å². The number of halogens is 1. The lowest BCUT2D eigenvalue weighted by molar-refractivity contribution is -0.147. The average Bonchev–Trinajstić information content (AvgIpc) is 3.02. The highest BCUT2D eigenvalue weighted by Gasteiger charge is 2.47. The third kappa shape index (κ3) is 2.00. The van der Waals surface area contributed by atoms with Crippen LogP contribution in [0.1, 0.15) is 35.9 Å². The van der Waals surface area contributed by atoms with E-state index in [4.69, 9.17) is 16.0 Å². The summed E-state index contributed by atoms with van der Waals surface area (Å²) in [5.74, 6) is -1.23. The molecular weight excluding hydrogens is 306 g/mol. The molecule has 1 amide bonds. The van der Waals surface area contributed by atoms with Gasteiger partial charge in [0.1, 0.15) is 5.54 Å². The number of nitrogens with zero attached hydrogens (tertiary/aromatic N) is 1. The number of carboxylic acids is 1. The van der Waals surface area contributed by atoms with E-state index in [9.17, 15) is 14.7 Å². The van der Waals surface area contributed by atoms with Gasteiger partial charge in [-0.2, -0.15) is 0 Å². The van der Waals surface area contributed by atoms with Crippen molar-refractivity contribution in [2.45, 2.75) is 32.2 Å². The lowest BCUT2D eigenvalue weighted by atomic mass is 9.99. The second-order valence-electron chi connectivity index (χ2n) is 5.81. The zero-order valence-corrected chi connectivity index (χ0v) is 13.1. The molecule has 3 rings (SSSR count). The average molecular weight is 322 g/mol. The van der Waals surface area contributed by atoms with E-state index in [1.165, 1.54) is 4.90 Å². The molecule has 2 aromatic rings. The quantitative estimate of drug-likeness (QED) is 0.919. The number of carboxylic acid groups (broad SMARTS) is 1. The Morgan fingerprint density at radius 3 is 2.77 bits per heavy atom. The van der Waals surface area contributed by atoms with Crippen molar-refractivity contribution in [3.05, 3.63) is 34.5 Å². The first kappa shape index (κ1) is 14.9. The Morgan fingerprint density at radius 2 is 2.14 bits per heavy atom. The monoisotopic (exact) mass is 321 g/mol. The number of benzene rings is 1. The predicted octanol–water partition coefficient (Wildman–Crippen LogP) is 3.47. The molecular formula is C16H16ClNO4. The fourth-order valence-electron chi connectivity index (χ4n) is 3.05. The van der Waals surface area contributed by atoms with Crippen LogP contribution >= 0.6 is 11.6 Å². The summed E-state index contributed by atoms with van der Waals surface area (Å²) in [5, 5.41) is 10.6. The SMILES string of the molecule is Cc1c(C(=O)N2CCCC2(C)C(=O)O)oc2c(Cl)cccc12. The molecule has 1 aromatic carbocycles. The normalized spacial score (nSPS) is 21.5. The Hall–Kier alpha value is -2.01. The molecule has 1 atom stereocenters. The Bertz CT molecular complexity index is 782. The van der Waals surface area contributed by atoms with Crippen LogP contribution in [0.2, 0.25) is 5.02 Å². The third-order valence-electron chi connectivity index (χ3n) is 4.46. The molecule has 1 unspecified atom stereocenters.